The Morgan fingerprint density at radius 1 is 1.14 bits per heavy atom. The maximum absolute atomic E-state index is 11.2. The lowest BCUT2D eigenvalue weighted by Gasteiger charge is -2.09. The molecule has 2 aromatic carbocycles. The van der Waals surface area contributed by atoms with Crippen molar-refractivity contribution in [2.75, 3.05) is 0 Å². The van der Waals surface area contributed by atoms with Crippen LogP contribution in [0.25, 0.3) is 11.1 Å². The number of nitrogens with zero attached hydrogens (tertiary/aromatic N) is 1. The molecule has 0 bridgehead atoms. The third-order valence-electron chi connectivity index (χ3n) is 3.30. The van der Waals surface area contributed by atoms with Crippen molar-refractivity contribution >= 4 is 11.5 Å². The van der Waals surface area contributed by atoms with Crippen LogP contribution in [0.3, 0.4) is 0 Å². The number of nitro groups is 1. The number of carbonyl (C=O) groups is 1. The summed E-state index contributed by atoms with van der Waals surface area (Å²) in [6.07, 6.45) is -0.929. The van der Waals surface area contributed by atoms with Crippen LogP contribution in [-0.4, -0.2) is 15.8 Å². The first-order chi connectivity index (χ1) is 9.90. The lowest BCUT2D eigenvalue weighted by atomic mass is 9.98. The number of hydrogen-bond donors (Lipinski definition) is 1. The molecule has 0 aliphatic heterocycles. The summed E-state index contributed by atoms with van der Waals surface area (Å²) in [5.74, 6) is -0.0186. The number of hydrogen-bond acceptors (Lipinski definition) is 4. The van der Waals surface area contributed by atoms with Crippen LogP contribution >= 0.6 is 0 Å². The second kappa shape index (κ2) is 5.85. The van der Waals surface area contributed by atoms with E-state index in [1.807, 2.05) is 0 Å². The lowest BCUT2D eigenvalue weighted by molar-refractivity contribution is -0.386. The third-order valence-corrected chi connectivity index (χ3v) is 3.30. The maximum atomic E-state index is 11.2. The molecule has 1 atom stereocenters. The van der Waals surface area contributed by atoms with Crippen molar-refractivity contribution < 1.29 is 14.8 Å². The number of nitro benzene ring substituents is 1. The van der Waals surface area contributed by atoms with Gasteiger partial charge in [-0.2, -0.15) is 0 Å². The van der Waals surface area contributed by atoms with Crippen molar-refractivity contribution in [2.45, 2.75) is 20.0 Å². The van der Waals surface area contributed by atoms with E-state index in [0.29, 0.717) is 5.56 Å². The highest BCUT2D eigenvalue weighted by Crippen LogP contribution is 2.30. The number of rotatable bonds is 4. The van der Waals surface area contributed by atoms with Crippen LogP contribution in [0.4, 0.5) is 5.69 Å². The summed E-state index contributed by atoms with van der Waals surface area (Å²) in [4.78, 5) is 21.7. The highest BCUT2D eigenvalue weighted by molar-refractivity contribution is 5.94. The van der Waals surface area contributed by atoms with Gasteiger partial charge in [0.1, 0.15) is 0 Å². The third kappa shape index (κ3) is 3.14. The van der Waals surface area contributed by atoms with Gasteiger partial charge in [0.2, 0.25) is 0 Å². The summed E-state index contributed by atoms with van der Waals surface area (Å²) in [5.41, 5.74) is 2.36. The Balaban J connectivity index is 2.47. The van der Waals surface area contributed by atoms with E-state index in [1.165, 1.54) is 19.9 Å². The Bertz CT molecular complexity index is 690. The van der Waals surface area contributed by atoms with E-state index >= 15 is 0 Å². The fourth-order valence-corrected chi connectivity index (χ4v) is 2.13. The number of Topliss-reactive ketones (excluding diaryl/α,β-unsaturated/α-hetero) is 1. The van der Waals surface area contributed by atoms with Crippen molar-refractivity contribution in [2.24, 2.45) is 0 Å². The van der Waals surface area contributed by atoms with E-state index < -0.39 is 11.0 Å². The number of aliphatic hydroxyl groups is 1. The number of carbonyl (C=O) groups excluding carboxylic acids is 1. The van der Waals surface area contributed by atoms with Crippen LogP contribution in [-0.2, 0) is 0 Å². The summed E-state index contributed by atoms with van der Waals surface area (Å²) in [6, 6.07) is 11.6. The van der Waals surface area contributed by atoms with Crippen LogP contribution in [0.15, 0.2) is 42.5 Å². The van der Waals surface area contributed by atoms with Crippen LogP contribution in [0.1, 0.15) is 35.9 Å². The molecule has 1 unspecified atom stereocenters. The Morgan fingerprint density at radius 2 is 1.71 bits per heavy atom. The van der Waals surface area contributed by atoms with Gasteiger partial charge >= 0.3 is 0 Å². The minimum atomic E-state index is -0.929. The average molecular weight is 285 g/mol. The van der Waals surface area contributed by atoms with Gasteiger partial charge in [-0.3, -0.25) is 14.9 Å². The van der Waals surface area contributed by atoms with E-state index in [-0.39, 0.29) is 17.0 Å². The molecule has 0 aliphatic carbocycles. The smallest absolute Gasteiger partial charge is 0.275 e. The van der Waals surface area contributed by atoms with Gasteiger partial charge in [0.05, 0.1) is 16.6 Å². The van der Waals surface area contributed by atoms with Gasteiger partial charge in [-0.25, -0.2) is 0 Å². The first kappa shape index (κ1) is 14.9. The minimum absolute atomic E-state index is 0.0186. The van der Waals surface area contributed by atoms with E-state index in [2.05, 4.69) is 0 Å². The second-order valence-corrected chi connectivity index (χ2v) is 4.84. The van der Waals surface area contributed by atoms with Crippen molar-refractivity contribution in [3.05, 3.63) is 63.7 Å². The molecule has 0 spiro atoms. The minimum Gasteiger partial charge on any atom is -0.388 e. The fourth-order valence-electron chi connectivity index (χ4n) is 2.13. The summed E-state index contributed by atoms with van der Waals surface area (Å²) < 4.78 is 0. The molecule has 2 rings (SSSR count). The van der Waals surface area contributed by atoms with Gasteiger partial charge < -0.3 is 5.11 Å². The highest BCUT2D eigenvalue weighted by Gasteiger charge is 2.18. The second-order valence-electron chi connectivity index (χ2n) is 4.84. The lowest BCUT2D eigenvalue weighted by Crippen LogP contribution is -1.99. The molecule has 0 heterocycles. The van der Waals surface area contributed by atoms with Gasteiger partial charge in [0.15, 0.2) is 5.78 Å². The number of benzene rings is 2. The molecule has 5 heteroatoms. The van der Waals surface area contributed by atoms with Gasteiger partial charge in [0, 0.05) is 11.6 Å². The molecule has 0 aromatic heterocycles. The van der Waals surface area contributed by atoms with Crippen molar-refractivity contribution in [1.29, 1.82) is 0 Å². The van der Waals surface area contributed by atoms with E-state index in [4.69, 9.17) is 0 Å². The SMILES string of the molecule is CC(=O)c1ccc(-c2ccc([N+](=O)[O-])c(C(C)O)c2)cc1. The van der Waals surface area contributed by atoms with Gasteiger partial charge in [-0.15, -0.1) is 0 Å². The molecule has 2 aromatic rings. The Hall–Kier alpha value is -2.53. The average Bonchev–Trinajstić information content (AvgIpc) is 2.46. The van der Waals surface area contributed by atoms with E-state index in [0.717, 1.165) is 11.1 Å². The van der Waals surface area contributed by atoms with Gasteiger partial charge in [-0.05, 0) is 37.1 Å². The zero-order valence-electron chi connectivity index (χ0n) is 11.7. The molecule has 0 radical (unpaired) electrons. The molecular weight excluding hydrogens is 270 g/mol. The molecule has 21 heavy (non-hydrogen) atoms. The normalized spacial score (nSPS) is 12.0. The molecule has 0 aliphatic rings. The standard InChI is InChI=1S/C16H15NO4/c1-10(18)12-3-5-13(6-4-12)14-7-8-16(17(20)21)15(9-14)11(2)19/h3-9,11,19H,1-2H3. The first-order valence-electron chi connectivity index (χ1n) is 6.48. The Labute approximate surface area is 122 Å². The van der Waals surface area contributed by atoms with E-state index in [1.54, 1.807) is 36.4 Å². The largest absolute Gasteiger partial charge is 0.388 e. The quantitative estimate of drug-likeness (QED) is 0.529. The van der Waals surface area contributed by atoms with Crippen LogP contribution < -0.4 is 0 Å². The molecule has 0 amide bonds. The molecule has 108 valence electrons. The molecular formula is C16H15NO4. The van der Waals surface area contributed by atoms with E-state index in [9.17, 15) is 20.0 Å². The molecule has 1 N–H and O–H groups in total. The van der Waals surface area contributed by atoms with Crippen LogP contribution in [0, 0.1) is 10.1 Å². The molecule has 0 saturated carbocycles. The summed E-state index contributed by atoms with van der Waals surface area (Å²) in [5, 5.41) is 20.6. The zero-order chi connectivity index (χ0) is 15.6. The van der Waals surface area contributed by atoms with Crippen LogP contribution in [0.2, 0.25) is 0 Å². The predicted molar refractivity (Wildman–Crippen MR) is 79.2 cm³/mol. The Kier molecular flexibility index (Phi) is 4.14. The topological polar surface area (TPSA) is 80.4 Å². The first-order valence-corrected chi connectivity index (χ1v) is 6.48. The van der Waals surface area contributed by atoms with Gasteiger partial charge in [0.25, 0.3) is 5.69 Å². The van der Waals surface area contributed by atoms with Gasteiger partial charge in [-0.1, -0.05) is 24.3 Å². The number of ketones is 1. The van der Waals surface area contributed by atoms with Crippen LogP contribution in [0.5, 0.6) is 0 Å². The summed E-state index contributed by atoms with van der Waals surface area (Å²) >= 11 is 0. The van der Waals surface area contributed by atoms with Crippen molar-refractivity contribution in [3.8, 4) is 11.1 Å². The Morgan fingerprint density at radius 3 is 2.19 bits per heavy atom. The number of aliphatic hydroxyl groups excluding tert-OH is 1. The van der Waals surface area contributed by atoms with Crippen molar-refractivity contribution in [3.63, 3.8) is 0 Å². The highest BCUT2D eigenvalue weighted by atomic mass is 16.6. The zero-order valence-corrected chi connectivity index (χ0v) is 11.7. The maximum Gasteiger partial charge on any atom is 0.275 e. The molecule has 5 nitrogen and oxygen atoms in total. The summed E-state index contributed by atoms with van der Waals surface area (Å²) in [6.45, 7) is 2.98. The summed E-state index contributed by atoms with van der Waals surface area (Å²) in [7, 11) is 0. The van der Waals surface area contributed by atoms with Crippen molar-refractivity contribution in [1.82, 2.24) is 0 Å². The molecule has 0 fully saturated rings. The predicted octanol–water partition coefficient (Wildman–Crippen LogP) is 3.52. The fraction of sp³-hybridized carbons (Fsp3) is 0.188. The monoisotopic (exact) mass is 285 g/mol. The molecule has 0 saturated heterocycles.